The summed E-state index contributed by atoms with van der Waals surface area (Å²) in [4.78, 5) is 38.4. The van der Waals surface area contributed by atoms with Crippen molar-refractivity contribution in [3.05, 3.63) is 35.4 Å². The largest absolute Gasteiger partial charge is 0.480 e. The topological polar surface area (TPSA) is 107 Å². The number of nitrogens with one attached hydrogen (secondary N) is 1. The van der Waals surface area contributed by atoms with E-state index in [1.807, 2.05) is 26.0 Å². The molecule has 25 heavy (non-hydrogen) atoms. The van der Waals surface area contributed by atoms with Crippen molar-refractivity contribution in [3.8, 4) is 0 Å². The fourth-order valence-electron chi connectivity index (χ4n) is 3.43. The van der Waals surface area contributed by atoms with Gasteiger partial charge in [-0.2, -0.15) is 0 Å². The van der Waals surface area contributed by atoms with Crippen molar-refractivity contribution in [3.63, 3.8) is 0 Å². The Kier molecular flexibility index (Phi) is 4.28. The number of nitrogens with zero attached hydrogens (tertiary/aromatic N) is 1. The van der Waals surface area contributed by atoms with Crippen molar-refractivity contribution in [2.24, 2.45) is 0 Å². The van der Waals surface area contributed by atoms with Crippen LogP contribution in [-0.4, -0.2) is 55.8 Å². The fraction of sp³-hybridized carbons (Fsp3) is 0.471. The molecule has 0 radical (unpaired) electrons. The first kappa shape index (κ1) is 17.8. The zero-order chi connectivity index (χ0) is 18.5. The van der Waals surface area contributed by atoms with Crippen LogP contribution in [0.4, 0.5) is 0 Å². The smallest absolute Gasteiger partial charge is 0.328 e. The third-order valence-electron chi connectivity index (χ3n) is 4.59. The summed E-state index contributed by atoms with van der Waals surface area (Å²) < 4.78 is -0.598. The van der Waals surface area contributed by atoms with Crippen LogP contribution in [0.1, 0.15) is 42.1 Å². The number of carbonyl (C=O) groups is 3. The molecule has 8 heteroatoms. The SMILES string of the molecule is C[C@H](O)[C@H](NC(=O)[C@H]1N2C(=O)c3ccccc3[C@@H]2SC1(C)C)C(=O)O. The number of hydrogen-bond donors (Lipinski definition) is 3. The summed E-state index contributed by atoms with van der Waals surface area (Å²) in [7, 11) is 0. The number of aliphatic hydroxyl groups is 1. The minimum absolute atomic E-state index is 0.234. The van der Waals surface area contributed by atoms with Gasteiger partial charge in [0.05, 0.1) is 6.10 Å². The Morgan fingerprint density at radius 3 is 2.56 bits per heavy atom. The fourth-order valence-corrected chi connectivity index (χ4v) is 5.01. The zero-order valence-corrected chi connectivity index (χ0v) is 14.9. The van der Waals surface area contributed by atoms with E-state index in [2.05, 4.69) is 5.32 Å². The van der Waals surface area contributed by atoms with Crippen molar-refractivity contribution in [1.29, 1.82) is 0 Å². The minimum atomic E-state index is -1.42. The average molecular weight is 364 g/mol. The molecule has 2 heterocycles. The number of thioether (sulfide) groups is 1. The standard InChI is InChI=1S/C17H20N2O5S/c1-8(20)11(16(23)24)18-13(21)12-17(2,3)25-15-10-7-5-4-6-9(10)14(22)19(12)15/h4-8,11-12,15,20H,1-3H3,(H,18,21)(H,23,24)/t8-,11-,12+,15-/m0/s1. The first-order valence-electron chi connectivity index (χ1n) is 7.96. The first-order chi connectivity index (χ1) is 11.6. The van der Waals surface area contributed by atoms with Crippen LogP contribution in [0, 0.1) is 0 Å². The maximum Gasteiger partial charge on any atom is 0.328 e. The normalized spacial score (nSPS) is 25.9. The molecule has 0 aliphatic carbocycles. The van der Waals surface area contributed by atoms with Crippen molar-refractivity contribution in [2.45, 2.75) is 49.1 Å². The van der Waals surface area contributed by atoms with E-state index in [-0.39, 0.29) is 11.3 Å². The van der Waals surface area contributed by atoms with E-state index < -0.39 is 34.8 Å². The molecule has 134 valence electrons. The zero-order valence-electron chi connectivity index (χ0n) is 14.1. The Hall–Kier alpha value is -2.06. The monoisotopic (exact) mass is 364 g/mol. The summed E-state index contributed by atoms with van der Waals surface area (Å²) in [5.74, 6) is -2.13. The number of carbonyl (C=O) groups excluding carboxylic acids is 2. The highest BCUT2D eigenvalue weighted by Crippen LogP contribution is 2.56. The highest BCUT2D eigenvalue weighted by molar-refractivity contribution is 8.01. The van der Waals surface area contributed by atoms with Crippen LogP contribution in [-0.2, 0) is 9.59 Å². The number of benzene rings is 1. The molecule has 3 rings (SSSR count). The molecule has 0 bridgehead atoms. The van der Waals surface area contributed by atoms with Crippen LogP contribution in [0.2, 0.25) is 0 Å². The van der Waals surface area contributed by atoms with Crippen LogP contribution in [0.3, 0.4) is 0 Å². The molecule has 0 aromatic heterocycles. The van der Waals surface area contributed by atoms with Crippen molar-refractivity contribution in [2.75, 3.05) is 0 Å². The van der Waals surface area contributed by atoms with Crippen molar-refractivity contribution < 1.29 is 24.6 Å². The molecule has 4 atom stereocenters. The maximum atomic E-state index is 12.8. The van der Waals surface area contributed by atoms with Gasteiger partial charge in [0.15, 0.2) is 6.04 Å². The Morgan fingerprint density at radius 2 is 1.96 bits per heavy atom. The number of carboxylic acids is 1. The molecule has 3 N–H and O–H groups in total. The summed E-state index contributed by atoms with van der Waals surface area (Å²) in [6.45, 7) is 5.01. The lowest BCUT2D eigenvalue weighted by molar-refractivity contribution is -0.145. The Balaban J connectivity index is 1.93. The molecule has 1 aromatic rings. The molecule has 0 unspecified atom stereocenters. The van der Waals surface area contributed by atoms with E-state index >= 15 is 0 Å². The van der Waals surface area contributed by atoms with Crippen LogP contribution in [0.15, 0.2) is 24.3 Å². The van der Waals surface area contributed by atoms with E-state index in [1.54, 1.807) is 12.1 Å². The second kappa shape index (κ2) is 6.03. The summed E-state index contributed by atoms with van der Waals surface area (Å²) in [5, 5.41) is 20.9. The molecular formula is C17H20N2O5S. The van der Waals surface area contributed by atoms with Gasteiger partial charge in [0.1, 0.15) is 11.4 Å². The molecule has 2 amide bonds. The van der Waals surface area contributed by atoms with Gasteiger partial charge in [-0.1, -0.05) is 18.2 Å². The van der Waals surface area contributed by atoms with Gasteiger partial charge in [-0.05, 0) is 32.4 Å². The molecule has 2 aliphatic heterocycles. The number of aliphatic carboxylic acids is 1. The Bertz CT molecular complexity index is 748. The predicted octanol–water partition coefficient (Wildman–Crippen LogP) is 0.985. The number of hydrogen-bond acceptors (Lipinski definition) is 5. The summed E-state index contributed by atoms with van der Waals surface area (Å²) in [6.07, 6.45) is -1.25. The molecule has 2 aliphatic rings. The van der Waals surface area contributed by atoms with E-state index in [0.29, 0.717) is 5.56 Å². The third-order valence-corrected chi connectivity index (χ3v) is 6.13. The van der Waals surface area contributed by atoms with Crippen LogP contribution >= 0.6 is 11.8 Å². The van der Waals surface area contributed by atoms with Crippen LogP contribution in [0.5, 0.6) is 0 Å². The number of aliphatic hydroxyl groups excluding tert-OH is 1. The van der Waals surface area contributed by atoms with Crippen LogP contribution in [0.25, 0.3) is 0 Å². The second-order valence-corrected chi connectivity index (χ2v) is 8.58. The second-order valence-electron chi connectivity index (χ2n) is 6.84. The summed E-state index contributed by atoms with van der Waals surface area (Å²) >= 11 is 1.50. The number of rotatable bonds is 4. The van der Waals surface area contributed by atoms with Gasteiger partial charge in [-0.15, -0.1) is 11.8 Å². The van der Waals surface area contributed by atoms with E-state index in [1.165, 1.54) is 23.6 Å². The van der Waals surface area contributed by atoms with E-state index in [9.17, 15) is 24.6 Å². The van der Waals surface area contributed by atoms with Gasteiger partial charge < -0.3 is 20.4 Å². The Labute approximate surface area is 149 Å². The molecule has 0 saturated carbocycles. The molecule has 1 aromatic carbocycles. The molecular weight excluding hydrogens is 344 g/mol. The van der Waals surface area contributed by atoms with Gasteiger partial charge in [0.2, 0.25) is 5.91 Å². The van der Waals surface area contributed by atoms with Crippen LogP contribution < -0.4 is 5.32 Å². The van der Waals surface area contributed by atoms with Gasteiger partial charge in [-0.25, -0.2) is 4.79 Å². The summed E-state index contributed by atoms with van der Waals surface area (Å²) in [5.41, 5.74) is 1.43. The molecule has 1 fully saturated rings. The quantitative estimate of drug-likeness (QED) is 0.735. The lowest BCUT2D eigenvalue weighted by Gasteiger charge is -2.31. The minimum Gasteiger partial charge on any atom is -0.480 e. The third kappa shape index (κ3) is 2.79. The molecule has 7 nitrogen and oxygen atoms in total. The number of carboxylic acid groups (broad SMARTS) is 1. The van der Waals surface area contributed by atoms with E-state index in [4.69, 9.17) is 0 Å². The molecule has 0 spiro atoms. The highest BCUT2D eigenvalue weighted by Gasteiger charge is 2.57. The molecule has 1 saturated heterocycles. The van der Waals surface area contributed by atoms with Gasteiger partial charge in [0.25, 0.3) is 5.91 Å². The number of fused-ring (bicyclic) bond motifs is 3. The maximum absolute atomic E-state index is 12.8. The average Bonchev–Trinajstić information content (AvgIpc) is 2.95. The lowest BCUT2D eigenvalue weighted by atomic mass is 10.00. The first-order valence-corrected chi connectivity index (χ1v) is 8.84. The Morgan fingerprint density at radius 1 is 1.32 bits per heavy atom. The highest BCUT2D eigenvalue weighted by atomic mass is 32.2. The number of amides is 2. The van der Waals surface area contributed by atoms with E-state index in [0.717, 1.165) is 5.56 Å². The van der Waals surface area contributed by atoms with Gasteiger partial charge in [-0.3, -0.25) is 9.59 Å². The van der Waals surface area contributed by atoms with Crippen molar-refractivity contribution in [1.82, 2.24) is 10.2 Å². The van der Waals surface area contributed by atoms with Crippen molar-refractivity contribution >= 4 is 29.5 Å². The van der Waals surface area contributed by atoms with Gasteiger partial charge in [0, 0.05) is 10.3 Å². The lowest BCUT2D eigenvalue weighted by Crippen LogP contribution is -2.57. The predicted molar refractivity (Wildman–Crippen MR) is 92.1 cm³/mol. The van der Waals surface area contributed by atoms with Gasteiger partial charge >= 0.3 is 5.97 Å². The summed E-state index contributed by atoms with van der Waals surface area (Å²) in [6, 6.07) is 4.98.